The lowest BCUT2D eigenvalue weighted by Crippen LogP contribution is -2.15. The van der Waals surface area contributed by atoms with E-state index in [2.05, 4.69) is 5.32 Å². The average molecular weight is 460 g/mol. The summed E-state index contributed by atoms with van der Waals surface area (Å²) in [7, 11) is 3.28. The molecule has 0 radical (unpaired) electrons. The van der Waals surface area contributed by atoms with E-state index in [1.54, 1.807) is 14.2 Å². The van der Waals surface area contributed by atoms with Crippen molar-refractivity contribution in [1.29, 1.82) is 0 Å². The molecule has 1 heterocycles. The van der Waals surface area contributed by atoms with Crippen LogP contribution in [0.4, 0.5) is 5.69 Å². The second-order valence-electron chi connectivity index (χ2n) is 7.36. The number of anilines is 1. The van der Waals surface area contributed by atoms with Crippen molar-refractivity contribution in [2.75, 3.05) is 25.3 Å². The second-order valence-corrected chi connectivity index (χ2v) is 8.30. The highest BCUT2D eigenvalue weighted by molar-refractivity contribution is 7.99. The number of thioether (sulfide) groups is 1. The molecule has 168 valence electrons. The summed E-state index contributed by atoms with van der Waals surface area (Å²) < 4.78 is 12.5. The Morgan fingerprint density at radius 3 is 2.21 bits per heavy atom. The smallest absolute Gasteiger partial charge is 0.234 e. The van der Waals surface area contributed by atoms with E-state index in [1.807, 2.05) is 90.5 Å². The zero-order valence-corrected chi connectivity index (χ0v) is 19.6. The number of carbonyl (C=O) groups excluding carboxylic acids is 1. The number of carbonyl (C=O) groups is 1. The molecule has 4 rings (SSSR count). The molecule has 1 aromatic heterocycles. The predicted molar refractivity (Wildman–Crippen MR) is 133 cm³/mol. The van der Waals surface area contributed by atoms with Gasteiger partial charge in [-0.05, 0) is 67.1 Å². The number of amides is 1. The minimum absolute atomic E-state index is 0.0791. The fourth-order valence-electron chi connectivity index (χ4n) is 3.32. The molecule has 4 aromatic rings. The normalized spacial score (nSPS) is 10.6. The fourth-order valence-corrected chi connectivity index (χ4v) is 4.12. The first-order valence-corrected chi connectivity index (χ1v) is 11.4. The Labute approximate surface area is 197 Å². The summed E-state index contributed by atoms with van der Waals surface area (Å²) in [5, 5.41) is 3.71. The molecular formula is C26H25N3O3S. The van der Waals surface area contributed by atoms with Crippen molar-refractivity contribution in [3.8, 4) is 28.4 Å². The molecule has 0 saturated heterocycles. The number of nitrogens with one attached hydrogen (secondary N) is 1. The van der Waals surface area contributed by atoms with Gasteiger partial charge in [-0.1, -0.05) is 30.0 Å². The fraction of sp³-hybridized carbons (Fsp3) is 0.154. The average Bonchev–Trinajstić information content (AvgIpc) is 3.28. The van der Waals surface area contributed by atoms with Crippen molar-refractivity contribution in [2.24, 2.45) is 0 Å². The van der Waals surface area contributed by atoms with Crippen LogP contribution in [0.2, 0.25) is 0 Å². The van der Waals surface area contributed by atoms with Crippen LogP contribution in [0.5, 0.6) is 11.5 Å². The van der Waals surface area contributed by atoms with E-state index in [9.17, 15) is 4.79 Å². The maximum absolute atomic E-state index is 12.6. The van der Waals surface area contributed by atoms with Gasteiger partial charge in [-0.25, -0.2) is 4.98 Å². The SMILES string of the molecule is COc1ccc(-c2cn(-c3ccc(OC)cc3)c(SCC(=O)Nc3ccccc3C)n2)cc1. The Morgan fingerprint density at radius 1 is 0.939 bits per heavy atom. The van der Waals surface area contributed by atoms with Crippen LogP contribution in [0.1, 0.15) is 5.56 Å². The molecule has 1 amide bonds. The molecule has 0 aliphatic rings. The largest absolute Gasteiger partial charge is 0.497 e. The number of methoxy groups -OCH3 is 2. The maximum Gasteiger partial charge on any atom is 0.234 e. The van der Waals surface area contributed by atoms with Crippen LogP contribution in [0.15, 0.2) is 84.1 Å². The lowest BCUT2D eigenvalue weighted by atomic mass is 10.1. The highest BCUT2D eigenvalue weighted by Gasteiger charge is 2.14. The van der Waals surface area contributed by atoms with E-state index in [4.69, 9.17) is 14.5 Å². The number of ether oxygens (including phenoxy) is 2. The summed E-state index contributed by atoms with van der Waals surface area (Å²) in [6.07, 6.45) is 1.98. The monoisotopic (exact) mass is 459 g/mol. The van der Waals surface area contributed by atoms with E-state index in [0.29, 0.717) is 0 Å². The molecule has 3 aromatic carbocycles. The number of para-hydroxylation sites is 1. The van der Waals surface area contributed by atoms with Gasteiger partial charge in [0, 0.05) is 23.1 Å². The van der Waals surface area contributed by atoms with Gasteiger partial charge in [0.05, 0.1) is 25.7 Å². The van der Waals surface area contributed by atoms with Crippen LogP contribution in [0.3, 0.4) is 0 Å². The Morgan fingerprint density at radius 2 is 1.58 bits per heavy atom. The Balaban J connectivity index is 1.59. The van der Waals surface area contributed by atoms with Crippen molar-refractivity contribution in [3.63, 3.8) is 0 Å². The van der Waals surface area contributed by atoms with Crippen LogP contribution in [-0.2, 0) is 4.79 Å². The zero-order chi connectivity index (χ0) is 23.2. The Kier molecular flexibility index (Phi) is 7.00. The summed E-state index contributed by atoms with van der Waals surface area (Å²) in [5.74, 6) is 1.73. The van der Waals surface area contributed by atoms with E-state index in [1.165, 1.54) is 11.8 Å². The molecule has 1 N–H and O–H groups in total. The lowest BCUT2D eigenvalue weighted by Gasteiger charge is -2.09. The number of benzene rings is 3. The van der Waals surface area contributed by atoms with Gasteiger partial charge >= 0.3 is 0 Å². The maximum atomic E-state index is 12.6. The first kappa shape index (κ1) is 22.5. The number of hydrogen-bond acceptors (Lipinski definition) is 5. The van der Waals surface area contributed by atoms with Gasteiger partial charge in [0.1, 0.15) is 11.5 Å². The van der Waals surface area contributed by atoms with E-state index >= 15 is 0 Å². The van der Waals surface area contributed by atoms with Gasteiger partial charge in [-0.15, -0.1) is 0 Å². The highest BCUT2D eigenvalue weighted by Crippen LogP contribution is 2.29. The topological polar surface area (TPSA) is 65.4 Å². The van der Waals surface area contributed by atoms with Crippen LogP contribution < -0.4 is 14.8 Å². The molecular weight excluding hydrogens is 434 g/mol. The third-order valence-corrected chi connectivity index (χ3v) is 6.11. The van der Waals surface area contributed by atoms with Crippen molar-refractivity contribution in [1.82, 2.24) is 9.55 Å². The van der Waals surface area contributed by atoms with Crippen molar-refractivity contribution in [3.05, 3.63) is 84.6 Å². The molecule has 0 fully saturated rings. The minimum atomic E-state index is -0.0791. The molecule has 0 aliphatic carbocycles. The van der Waals surface area contributed by atoms with Crippen molar-refractivity contribution < 1.29 is 14.3 Å². The van der Waals surface area contributed by atoms with Gasteiger partial charge in [0.2, 0.25) is 5.91 Å². The Bertz CT molecular complexity index is 1230. The van der Waals surface area contributed by atoms with Crippen molar-refractivity contribution >= 4 is 23.4 Å². The van der Waals surface area contributed by atoms with Gasteiger partial charge in [0.25, 0.3) is 0 Å². The molecule has 0 spiro atoms. The summed E-state index contributed by atoms with van der Waals surface area (Å²) in [6, 6.07) is 23.2. The Hall–Kier alpha value is -3.71. The lowest BCUT2D eigenvalue weighted by molar-refractivity contribution is -0.113. The van der Waals surface area contributed by atoms with E-state index < -0.39 is 0 Å². The molecule has 0 unspecified atom stereocenters. The minimum Gasteiger partial charge on any atom is -0.497 e. The van der Waals surface area contributed by atoms with Crippen LogP contribution in [0, 0.1) is 6.92 Å². The third-order valence-electron chi connectivity index (χ3n) is 5.16. The number of rotatable bonds is 8. The van der Waals surface area contributed by atoms with E-state index in [0.717, 1.165) is 44.9 Å². The second kappa shape index (κ2) is 10.3. The quantitative estimate of drug-likeness (QED) is 0.348. The predicted octanol–water partition coefficient (Wildman–Crippen LogP) is 5.60. The van der Waals surface area contributed by atoms with Gasteiger partial charge < -0.3 is 14.8 Å². The molecule has 6 nitrogen and oxygen atoms in total. The number of nitrogens with zero attached hydrogens (tertiary/aromatic N) is 2. The van der Waals surface area contributed by atoms with Crippen LogP contribution in [0.25, 0.3) is 16.9 Å². The summed E-state index contributed by atoms with van der Waals surface area (Å²) in [6.45, 7) is 1.97. The van der Waals surface area contributed by atoms with Crippen LogP contribution >= 0.6 is 11.8 Å². The van der Waals surface area contributed by atoms with Crippen LogP contribution in [-0.4, -0.2) is 35.4 Å². The molecule has 7 heteroatoms. The van der Waals surface area contributed by atoms with E-state index in [-0.39, 0.29) is 11.7 Å². The highest BCUT2D eigenvalue weighted by atomic mass is 32.2. The summed E-state index contributed by atoms with van der Waals surface area (Å²) in [4.78, 5) is 17.4. The van der Waals surface area contributed by atoms with Crippen molar-refractivity contribution in [2.45, 2.75) is 12.1 Å². The number of aryl methyl sites for hydroxylation is 1. The molecule has 0 atom stereocenters. The van der Waals surface area contributed by atoms with Gasteiger partial charge in [-0.3, -0.25) is 9.36 Å². The molecule has 0 saturated carbocycles. The number of aromatic nitrogens is 2. The third kappa shape index (κ3) is 5.38. The number of imidazole rings is 1. The first-order valence-electron chi connectivity index (χ1n) is 10.4. The zero-order valence-electron chi connectivity index (χ0n) is 18.7. The standard InChI is InChI=1S/C26H25N3O3S/c1-18-6-4-5-7-23(18)27-25(30)17-33-26-28-24(19-8-12-21(31-2)13-9-19)16-29(26)20-10-14-22(32-3)15-11-20/h4-16H,17H2,1-3H3,(H,27,30). The molecule has 0 bridgehead atoms. The molecule has 0 aliphatic heterocycles. The summed E-state index contributed by atoms with van der Waals surface area (Å²) in [5.41, 5.74) is 4.56. The first-order chi connectivity index (χ1) is 16.1. The molecule has 33 heavy (non-hydrogen) atoms. The van der Waals surface area contributed by atoms with Gasteiger partial charge in [0.15, 0.2) is 5.16 Å². The summed E-state index contributed by atoms with van der Waals surface area (Å²) >= 11 is 1.39. The number of hydrogen-bond donors (Lipinski definition) is 1. The van der Waals surface area contributed by atoms with Gasteiger partial charge in [-0.2, -0.15) is 0 Å².